The fourth-order valence-electron chi connectivity index (χ4n) is 3.93. The molecule has 36 heavy (non-hydrogen) atoms. The SMILES string of the molecule is CN(CCC(=NCc1c(F)cccc1F)/C(C=O)=C\N)c1cc(NC2CCOCC2CO)ncc1F. The zero-order chi connectivity index (χ0) is 26.1. The third-order valence-electron chi connectivity index (χ3n) is 6.10. The average molecular weight is 506 g/mol. The zero-order valence-corrected chi connectivity index (χ0v) is 20.0. The van der Waals surface area contributed by atoms with Crippen molar-refractivity contribution in [2.45, 2.75) is 25.4 Å². The Kier molecular flexibility index (Phi) is 9.83. The quantitative estimate of drug-likeness (QED) is 0.245. The number of aromatic nitrogens is 1. The van der Waals surface area contributed by atoms with Crippen LogP contribution < -0.4 is 16.0 Å². The largest absolute Gasteiger partial charge is 0.404 e. The maximum absolute atomic E-state index is 14.6. The number of nitrogens with zero attached hydrogens (tertiary/aromatic N) is 3. The summed E-state index contributed by atoms with van der Waals surface area (Å²) in [6.07, 6.45) is 3.53. The van der Waals surface area contributed by atoms with Gasteiger partial charge in [-0.15, -0.1) is 0 Å². The number of benzene rings is 1. The van der Waals surface area contributed by atoms with Crippen LogP contribution in [0.5, 0.6) is 0 Å². The first-order chi connectivity index (χ1) is 17.4. The Morgan fingerprint density at radius 3 is 2.75 bits per heavy atom. The number of aldehydes is 1. The van der Waals surface area contributed by atoms with Crippen LogP contribution in [0, 0.1) is 23.4 Å². The van der Waals surface area contributed by atoms with E-state index in [9.17, 15) is 23.1 Å². The van der Waals surface area contributed by atoms with Gasteiger partial charge in [0.25, 0.3) is 0 Å². The van der Waals surface area contributed by atoms with Gasteiger partial charge in [-0.3, -0.25) is 9.79 Å². The third-order valence-corrected chi connectivity index (χ3v) is 6.10. The van der Waals surface area contributed by atoms with Crippen LogP contribution in [0.15, 0.2) is 47.2 Å². The predicted molar refractivity (Wildman–Crippen MR) is 131 cm³/mol. The maximum atomic E-state index is 14.6. The molecule has 1 fully saturated rings. The highest BCUT2D eigenvalue weighted by Crippen LogP contribution is 2.24. The fourth-order valence-corrected chi connectivity index (χ4v) is 3.93. The van der Waals surface area contributed by atoms with Crippen LogP contribution in [0.25, 0.3) is 0 Å². The number of allylic oxidation sites excluding steroid dienone is 1. The fraction of sp³-hybridized carbons (Fsp3) is 0.400. The molecule has 0 bridgehead atoms. The lowest BCUT2D eigenvalue weighted by Crippen LogP contribution is -2.39. The van der Waals surface area contributed by atoms with Gasteiger partial charge in [0.2, 0.25) is 0 Å². The number of nitrogens with two attached hydrogens (primary N) is 1. The minimum absolute atomic E-state index is 0.0434. The Hall–Kier alpha value is -3.44. The molecule has 0 saturated carbocycles. The molecule has 0 amide bonds. The van der Waals surface area contributed by atoms with E-state index >= 15 is 0 Å². The van der Waals surface area contributed by atoms with Gasteiger partial charge < -0.3 is 25.8 Å². The highest BCUT2D eigenvalue weighted by molar-refractivity contribution is 6.14. The molecule has 1 aromatic heterocycles. The standard InChI is InChI=1S/C25H30F3N5O3/c1-33(24-9-25(31-12-21(24)28)32-23-6-8-36-15-17(23)14-35)7-5-22(16(10-29)13-34)30-11-18-19(26)3-2-4-20(18)27/h2-4,9-10,12-13,17,23,35H,5-8,11,14-15,29H2,1H3,(H,31,32)/b16-10-,30-22?. The summed E-state index contributed by atoms with van der Waals surface area (Å²) in [7, 11) is 1.66. The number of aliphatic imine (C=N–C) groups is 1. The molecule has 0 radical (unpaired) electrons. The zero-order valence-electron chi connectivity index (χ0n) is 20.0. The molecule has 2 unspecified atom stereocenters. The van der Waals surface area contributed by atoms with Crippen molar-refractivity contribution in [3.8, 4) is 0 Å². The van der Waals surface area contributed by atoms with E-state index in [1.807, 2.05) is 0 Å². The van der Waals surface area contributed by atoms with E-state index in [0.717, 1.165) is 24.5 Å². The number of rotatable bonds is 11. The van der Waals surface area contributed by atoms with Gasteiger partial charge in [-0.1, -0.05) is 6.07 Å². The van der Waals surface area contributed by atoms with Gasteiger partial charge >= 0.3 is 0 Å². The summed E-state index contributed by atoms with van der Waals surface area (Å²) in [6.45, 7) is 0.833. The number of aliphatic hydroxyl groups excluding tert-OH is 1. The minimum Gasteiger partial charge on any atom is -0.404 e. The number of carbonyl (C=O) groups is 1. The highest BCUT2D eigenvalue weighted by atomic mass is 19.1. The van der Waals surface area contributed by atoms with Crippen LogP contribution in [0.2, 0.25) is 0 Å². The number of nitrogens with one attached hydrogen (secondary N) is 1. The molecule has 3 rings (SSSR count). The summed E-state index contributed by atoms with van der Waals surface area (Å²) in [6, 6.07) is 5.00. The van der Waals surface area contributed by atoms with E-state index < -0.39 is 17.5 Å². The molecule has 2 atom stereocenters. The van der Waals surface area contributed by atoms with Crippen LogP contribution >= 0.6 is 0 Å². The van der Waals surface area contributed by atoms with Crippen LogP contribution in [0.3, 0.4) is 0 Å². The first-order valence-electron chi connectivity index (χ1n) is 11.5. The number of aliphatic hydroxyl groups is 1. The van der Waals surface area contributed by atoms with Gasteiger partial charge in [-0.25, -0.2) is 18.2 Å². The topological polar surface area (TPSA) is 113 Å². The minimum atomic E-state index is -0.744. The van der Waals surface area contributed by atoms with Gasteiger partial charge in [0.1, 0.15) is 17.5 Å². The molecular formula is C25H30F3N5O3. The number of anilines is 2. The maximum Gasteiger partial charge on any atom is 0.164 e. The van der Waals surface area contributed by atoms with Gasteiger partial charge in [0, 0.05) is 62.1 Å². The van der Waals surface area contributed by atoms with Gasteiger partial charge in [-0.2, -0.15) is 0 Å². The Morgan fingerprint density at radius 2 is 2.08 bits per heavy atom. The third kappa shape index (κ3) is 6.82. The summed E-state index contributed by atoms with van der Waals surface area (Å²) in [5.74, 6) is -1.69. The summed E-state index contributed by atoms with van der Waals surface area (Å²) >= 11 is 0. The monoisotopic (exact) mass is 505 g/mol. The molecule has 8 nitrogen and oxygen atoms in total. The van der Waals surface area contributed by atoms with Crippen molar-refractivity contribution in [2.24, 2.45) is 16.6 Å². The Balaban J connectivity index is 1.74. The summed E-state index contributed by atoms with van der Waals surface area (Å²) < 4.78 is 48.0. The Morgan fingerprint density at radius 1 is 1.33 bits per heavy atom. The second-order valence-corrected chi connectivity index (χ2v) is 8.45. The number of hydrogen-bond acceptors (Lipinski definition) is 8. The predicted octanol–water partition coefficient (Wildman–Crippen LogP) is 2.82. The molecule has 1 saturated heterocycles. The molecular weight excluding hydrogens is 475 g/mol. The number of carbonyl (C=O) groups excluding carboxylic acids is 1. The number of ether oxygens (including phenoxy) is 1. The lowest BCUT2D eigenvalue weighted by atomic mass is 9.96. The summed E-state index contributed by atoms with van der Waals surface area (Å²) in [4.78, 5) is 21.4. The molecule has 194 valence electrons. The number of pyridine rings is 1. The lowest BCUT2D eigenvalue weighted by molar-refractivity contribution is -0.104. The van der Waals surface area contributed by atoms with E-state index in [4.69, 9.17) is 10.5 Å². The molecule has 11 heteroatoms. The van der Waals surface area contributed by atoms with Gasteiger partial charge in [0.05, 0.1) is 37.2 Å². The van der Waals surface area contributed by atoms with Crippen molar-refractivity contribution >= 4 is 23.5 Å². The molecule has 1 aliphatic heterocycles. The highest BCUT2D eigenvalue weighted by Gasteiger charge is 2.25. The normalized spacial score (nSPS) is 18.7. The summed E-state index contributed by atoms with van der Waals surface area (Å²) in [5, 5.41) is 12.8. The van der Waals surface area contributed by atoms with Crippen LogP contribution in [-0.2, 0) is 16.1 Å². The van der Waals surface area contributed by atoms with Gasteiger partial charge in [0.15, 0.2) is 12.1 Å². The lowest BCUT2D eigenvalue weighted by Gasteiger charge is -2.31. The molecule has 1 aliphatic rings. The molecule has 4 N–H and O–H groups in total. The van der Waals surface area contributed by atoms with Crippen LogP contribution in [-0.4, -0.2) is 61.5 Å². The number of halogens is 3. The smallest absolute Gasteiger partial charge is 0.164 e. The molecule has 2 aromatic rings. The van der Waals surface area contributed by atoms with Crippen LogP contribution in [0.1, 0.15) is 18.4 Å². The van der Waals surface area contributed by atoms with Gasteiger partial charge in [-0.05, 0) is 18.6 Å². The Labute approximate surface area is 207 Å². The first kappa shape index (κ1) is 27.2. The second-order valence-electron chi connectivity index (χ2n) is 8.45. The second kappa shape index (κ2) is 13.0. The van der Waals surface area contributed by atoms with Crippen molar-refractivity contribution < 1.29 is 27.8 Å². The Bertz CT molecular complexity index is 1090. The van der Waals surface area contributed by atoms with E-state index in [1.54, 1.807) is 18.0 Å². The number of hydrogen-bond donors (Lipinski definition) is 3. The van der Waals surface area contributed by atoms with Crippen LogP contribution in [0.4, 0.5) is 24.7 Å². The molecule has 1 aromatic carbocycles. The van der Waals surface area contributed by atoms with Crippen molar-refractivity contribution in [1.29, 1.82) is 0 Å². The molecule has 0 aliphatic carbocycles. The van der Waals surface area contributed by atoms with E-state index in [1.165, 1.54) is 6.07 Å². The van der Waals surface area contributed by atoms with Crippen molar-refractivity contribution in [2.75, 3.05) is 43.6 Å². The van der Waals surface area contributed by atoms with E-state index in [2.05, 4.69) is 15.3 Å². The summed E-state index contributed by atoms with van der Waals surface area (Å²) in [5.41, 5.74) is 5.89. The first-order valence-corrected chi connectivity index (χ1v) is 11.5. The van der Waals surface area contributed by atoms with Crippen molar-refractivity contribution in [3.63, 3.8) is 0 Å². The van der Waals surface area contributed by atoms with Crippen molar-refractivity contribution in [1.82, 2.24) is 4.98 Å². The van der Waals surface area contributed by atoms with Crippen molar-refractivity contribution in [3.05, 3.63) is 65.3 Å². The molecule has 2 heterocycles. The van der Waals surface area contributed by atoms with E-state index in [0.29, 0.717) is 31.7 Å². The van der Waals surface area contributed by atoms with E-state index in [-0.39, 0.29) is 60.6 Å². The average Bonchev–Trinajstić information content (AvgIpc) is 2.88. The molecule has 0 spiro atoms.